The quantitative estimate of drug-likeness (QED) is 0.731. The van der Waals surface area contributed by atoms with E-state index in [0.717, 1.165) is 6.20 Å². The fourth-order valence-corrected chi connectivity index (χ4v) is 1.81. The molecule has 6 heteroatoms. The predicted molar refractivity (Wildman–Crippen MR) is 64.3 cm³/mol. The molecule has 0 saturated heterocycles. The van der Waals surface area contributed by atoms with Gasteiger partial charge in [0.1, 0.15) is 17.0 Å². The van der Waals surface area contributed by atoms with E-state index in [9.17, 15) is 8.78 Å². The zero-order valence-corrected chi connectivity index (χ0v) is 9.67. The minimum atomic E-state index is -0.584. The largest absolute Gasteiger partial charge is 0.337 e. The Kier molecular flexibility index (Phi) is 2.48. The third-order valence-corrected chi connectivity index (χ3v) is 2.81. The fraction of sp³-hybridized carbons (Fsp3) is 0. The standard InChI is InChI=1S/C12H6ClF2N3/c13-7-2-4-8-11(10(7)15)18-12(17-8)9-3-1-6(14)5-16-9/h1-5H,(H,17,18). The Morgan fingerprint density at radius 2 is 1.94 bits per heavy atom. The summed E-state index contributed by atoms with van der Waals surface area (Å²) >= 11 is 5.67. The highest BCUT2D eigenvalue weighted by Crippen LogP contribution is 2.25. The lowest BCUT2D eigenvalue weighted by Crippen LogP contribution is -1.86. The molecule has 0 saturated carbocycles. The summed E-state index contributed by atoms with van der Waals surface area (Å²) in [6.07, 6.45) is 1.08. The zero-order valence-electron chi connectivity index (χ0n) is 8.92. The van der Waals surface area contributed by atoms with Gasteiger partial charge in [0.25, 0.3) is 0 Å². The van der Waals surface area contributed by atoms with Crippen LogP contribution in [0.3, 0.4) is 0 Å². The minimum Gasteiger partial charge on any atom is -0.337 e. The maximum Gasteiger partial charge on any atom is 0.169 e. The number of aromatic amines is 1. The maximum absolute atomic E-state index is 13.7. The van der Waals surface area contributed by atoms with E-state index in [-0.39, 0.29) is 10.5 Å². The summed E-state index contributed by atoms with van der Waals surface area (Å²) in [6.45, 7) is 0. The summed E-state index contributed by atoms with van der Waals surface area (Å²) in [6, 6.07) is 5.80. The molecular formula is C12H6ClF2N3. The summed E-state index contributed by atoms with van der Waals surface area (Å²) < 4.78 is 26.4. The van der Waals surface area contributed by atoms with Crippen molar-refractivity contribution in [2.45, 2.75) is 0 Å². The third kappa shape index (κ3) is 1.73. The molecule has 0 atom stereocenters. The number of pyridine rings is 1. The monoisotopic (exact) mass is 265 g/mol. The molecule has 2 aromatic heterocycles. The van der Waals surface area contributed by atoms with Crippen molar-refractivity contribution in [3.8, 4) is 11.5 Å². The highest BCUT2D eigenvalue weighted by Gasteiger charge is 2.12. The van der Waals surface area contributed by atoms with Gasteiger partial charge >= 0.3 is 0 Å². The topological polar surface area (TPSA) is 41.6 Å². The average Bonchev–Trinajstić information content (AvgIpc) is 2.80. The Morgan fingerprint density at radius 3 is 2.67 bits per heavy atom. The molecule has 1 aromatic carbocycles. The first-order valence-electron chi connectivity index (χ1n) is 5.11. The molecule has 3 aromatic rings. The van der Waals surface area contributed by atoms with Gasteiger partial charge in [0.2, 0.25) is 0 Å². The van der Waals surface area contributed by atoms with Crippen LogP contribution in [0.25, 0.3) is 22.6 Å². The van der Waals surface area contributed by atoms with Crippen LogP contribution in [0.5, 0.6) is 0 Å². The van der Waals surface area contributed by atoms with Crippen LogP contribution in [0, 0.1) is 11.6 Å². The van der Waals surface area contributed by atoms with E-state index in [1.807, 2.05) is 0 Å². The summed E-state index contributed by atoms with van der Waals surface area (Å²) in [4.78, 5) is 10.8. The highest BCUT2D eigenvalue weighted by atomic mass is 35.5. The van der Waals surface area contributed by atoms with Crippen LogP contribution >= 0.6 is 11.6 Å². The minimum absolute atomic E-state index is 0.00705. The van der Waals surface area contributed by atoms with E-state index in [1.54, 1.807) is 6.07 Å². The van der Waals surface area contributed by atoms with Gasteiger partial charge in [0.15, 0.2) is 11.6 Å². The summed E-state index contributed by atoms with van der Waals surface area (Å²) in [5, 5.41) is 0.00705. The van der Waals surface area contributed by atoms with Crippen molar-refractivity contribution < 1.29 is 8.78 Å². The van der Waals surface area contributed by atoms with E-state index >= 15 is 0 Å². The van der Waals surface area contributed by atoms with E-state index in [4.69, 9.17) is 11.6 Å². The molecule has 0 aliphatic carbocycles. The van der Waals surface area contributed by atoms with Crippen molar-refractivity contribution in [3.05, 3.63) is 47.1 Å². The van der Waals surface area contributed by atoms with Gasteiger partial charge in [-0.1, -0.05) is 11.6 Å². The number of halogens is 3. The smallest absolute Gasteiger partial charge is 0.169 e. The van der Waals surface area contributed by atoms with Crippen molar-refractivity contribution in [3.63, 3.8) is 0 Å². The zero-order chi connectivity index (χ0) is 12.7. The number of imidazole rings is 1. The number of hydrogen-bond acceptors (Lipinski definition) is 2. The maximum atomic E-state index is 13.7. The Hall–Kier alpha value is -2.01. The van der Waals surface area contributed by atoms with E-state index in [2.05, 4.69) is 15.0 Å². The van der Waals surface area contributed by atoms with E-state index in [0.29, 0.717) is 17.0 Å². The number of nitrogens with one attached hydrogen (secondary N) is 1. The molecule has 0 fully saturated rings. The van der Waals surface area contributed by atoms with Crippen LogP contribution in [-0.2, 0) is 0 Å². The van der Waals surface area contributed by atoms with Gasteiger partial charge in [-0.15, -0.1) is 0 Å². The van der Waals surface area contributed by atoms with E-state index in [1.165, 1.54) is 18.2 Å². The number of benzene rings is 1. The van der Waals surface area contributed by atoms with Gasteiger partial charge in [-0.05, 0) is 24.3 Å². The molecule has 0 aliphatic heterocycles. The summed E-state index contributed by atoms with van der Waals surface area (Å²) in [5.74, 6) is -0.658. The first-order valence-corrected chi connectivity index (χ1v) is 5.48. The molecular weight excluding hydrogens is 260 g/mol. The van der Waals surface area contributed by atoms with Crippen LogP contribution in [0.4, 0.5) is 8.78 Å². The van der Waals surface area contributed by atoms with Crippen LogP contribution in [0.1, 0.15) is 0 Å². The molecule has 0 spiro atoms. The number of rotatable bonds is 1. The van der Waals surface area contributed by atoms with Crippen LogP contribution in [-0.4, -0.2) is 15.0 Å². The number of fused-ring (bicyclic) bond motifs is 1. The second kappa shape index (κ2) is 4.03. The normalized spacial score (nSPS) is 11.1. The van der Waals surface area contributed by atoms with Gasteiger partial charge in [0.05, 0.1) is 16.7 Å². The highest BCUT2D eigenvalue weighted by molar-refractivity contribution is 6.31. The molecule has 0 unspecified atom stereocenters. The van der Waals surface area contributed by atoms with Crippen LogP contribution in [0.2, 0.25) is 5.02 Å². The van der Waals surface area contributed by atoms with Gasteiger partial charge in [-0.3, -0.25) is 0 Å². The molecule has 0 bridgehead atoms. The number of H-pyrrole nitrogens is 1. The van der Waals surface area contributed by atoms with E-state index < -0.39 is 11.6 Å². The fourth-order valence-electron chi connectivity index (χ4n) is 1.65. The molecule has 90 valence electrons. The second-order valence-corrected chi connectivity index (χ2v) is 4.11. The Morgan fingerprint density at radius 1 is 1.11 bits per heavy atom. The number of nitrogens with zero attached hydrogens (tertiary/aromatic N) is 2. The SMILES string of the molecule is Fc1ccc(-c2nc3c(F)c(Cl)ccc3[nH]2)nc1. The number of aromatic nitrogens is 3. The van der Waals surface area contributed by atoms with Gasteiger partial charge < -0.3 is 4.98 Å². The number of hydrogen-bond donors (Lipinski definition) is 1. The van der Waals surface area contributed by atoms with Crippen molar-refractivity contribution in [1.82, 2.24) is 15.0 Å². The van der Waals surface area contributed by atoms with Crippen molar-refractivity contribution in [2.75, 3.05) is 0 Å². The molecule has 18 heavy (non-hydrogen) atoms. The molecule has 3 rings (SSSR count). The van der Waals surface area contributed by atoms with Gasteiger partial charge in [-0.2, -0.15) is 0 Å². The molecule has 3 nitrogen and oxygen atoms in total. The second-order valence-electron chi connectivity index (χ2n) is 3.70. The first kappa shape index (κ1) is 11.1. The van der Waals surface area contributed by atoms with Crippen molar-refractivity contribution in [2.24, 2.45) is 0 Å². The molecule has 2 heterocycles. The van der Waals surface area contributed by atoms with Crippen LogP contribution in [0.15, 0.2) is 30.5 Å². The van der Waals surface area contributed by atoms with Crippen LogP contribution < -0.4 is 0 Å². The van der Waals surface area contributed by atoms with Gasteiger partial charge in [0, 0.05) is 0 Å². The molecule has 0 amide bonds. The Bertz CT molecular complexity index is 722. The lowest BCUT2D eigenvalue weighted by molar-refractivity contribution is 0.621. The Balaban J connectivity index is 2.19. The summed E-state index contributed by atoms with van der Waals surface area (Å²) in [7, 11) is 0. The van der Waals surface area contributed by atoms with Crippen molar-refractivity contribution in [1.29, 1.82) is 0 Å². The first-order chi connectivity index (χ1) is 8.65. The molecule has 0 radical (unpaired) electrons. The van der Waals surface area contributed by atoms with Gasteiger partial charge in [-0.25, -0.2) is 18.7 Å². The van der Waals surface area contributed by atoms with Crippen molar-refractivity contribution >= 4 is 22.6 Å². The molecule has 1 N–H and O–H groups in total. The lowest BCUT2D eigenvalue weighted by atomic mass is 10.3. The average molecular weight is 266 g/mol. The molecule has 0 aliphatic rings. The predicted octanol–water partition coefficient (Wildman–Crippen LogP) is 3.56. The summed E-state index contributed by atoms with van der Waals surface area (Å²) in [5.41, 5.74) is 1.09. The lowest BCUT2D eigenvalue weighted by Gasteiger charge is -1.93. The third-order valence-electron chi connectivity index (χ3n) is 2.52. The Labute approximate surface area is 105 Å².